The van der Waals surface area contributed by atoms with Crippen molar-refractivity contribution < 1.29 is 14.3 Å². The number of carbonyl (C=O) groups excluding carboxylic acids is 2. The third kappa shape index (κ3) is 3.98. The summed E-state index contributed by atoms with van der Waals surface area (Å²) in [5.74, 6) is 0.288. The lowest BCUT2D eigenvalue weighted by molar-refractivity contribution is -0.119. The molecule has 2 saturated heterocycles. The van der Waals surface area contributed by atoms with Crippen LogP contribution in [-0.2, 0) is 11.8 Å². The van der Waals surface area contributed by atoms with E-state index in [0.29, 0.717) is 23.5 Å². The van der Waals surface area contributed by atoms with Crippen molar-refractivity contribution in [2.75, 3.05) is 38.6 Å². The first-order valence-electron chi connectivity index (χ1n) is 10.0. The molecule has 0 radical (unpaired) electrons. The van der Waals surface area contributed by atoms with Crippen molar-refractivity contribution in [1.29, 1.82) is 0 Å². The fraction of sp³-hybridized carbons (Fsp3) is 0.476. The number of nitrogens with one attached hydrogen (secondary N) is 2. The van der Waals surface area contributed by atoms with Crippen LogP contribution in [0.25, 0.3) is 0 Å². The number of ether oxygens (including phenoxy) is 1. The number of amides is 2. The summed E-state index contributed by atoms with van der Waals surface area (Å²) in [5.41, 5.74) is 2.14. The summed E-state index contributed by atoms with van der Waals surface area (Å²) in [7, 11) is 3.43. The first-order valence-corrected chi connectivity index (χ1v) is 10.0. The molecule has 1 aromatic carbocycles. The van der Waals surface area contributed by atoms with E-state index >= 15 is 0 Å². The molecule has 2 aliphatic heterocycles. The Morgan fingerprint density at radius 3 is 2.72 bits per heavy atom. The summed E-state index contributed by atoms with van der Waals surface area (Å²) >= 11 is 0. The molecule has 0 unspecified atom stereocenters. The molecule has 0 aliphatic carbocycles. The molecule has 8 nitrogen and oxygen atoms in total. The van der Waals surface area contributed by atoms with Crippen LogP contribution in [0.4, 0.5) is 5.69 Å². The van der Waals surface area contributed by atoms with E-state index in [1.54, 1.807) is 30.0 Å². The molecule has 2 N–H and O–H groups in total. The number of rotatable bonds is 5. The molecule has 2 amide bonds. The average Bonchev–Trinajstić information content (AvgIpc) is 3.48. The normalized spacial score (nSPS) is 21.4. The SMILES string of the molecule is COc1ccc(C(=O)N2CCCC2)cc1NC(=O)[C@H]1CNC[C@@H]1c1cnn(C)c1. The van der Waals surface area contributed by atoms with Crippen molar-refractivity contribution in [3.05, 3.63) is 41.7 Å². The highest BCUT2D eigenvalue weighted by Gasteiger charge is 2.35. The average molecular weight is 397 g/mol. The second-order valence-corrected chi connectivity index (χ2v) is 7.72. The van der Waals surface area contributed by atoms with E-state index in [1.165, 1.54) is 0 Å². The summed E-state index contributed by atoms with van der Waals surface area (Å²) in [6.07, 6.45) is 5.84. The lowest BCUT2D eigenvalue weighted by Crippen LogP contribution is -2.29. The van der Waals surface area contributed by atoms with Gasteiger partial charge in [0, 0.05) is 50.9 Å². The molecule has 2 fully saturated rings. The third-order valence-electron chi connectivity index (χ3n) is 5.80. The zero-order valence-corrected chi connectivity index (χ0v) is 16.9. The molecule has 2 aromatic rings. The van der Waals surface area contributed by atoms with Gasteiger partial charge in [0.1, 0.15) is 5.75 Å². The van der Waals surface area contributed by atoms with Crippen LogP contribution in [0.1, 0.15) is 34.7 Å². The van der Waals surface area contributed by atoms with Gasteiger partial charge in [0.25, 0.3) is 5.91 Å². The first kappa shape index (κ1) is 19.4. The minimum atomic E-state index is -0.221. The zero-order chi connectivity index (χ0) is 20.4. The summed E-state index contributed by atoms with van der Waals surface area (Å²) in [6, 6.07) is 5.22. The Bertz CT molecular complexity index is 903. The van der Waals surface area contributed by atoms with Crippen molar-refractivity contribution in [3.63, 3.8) is 0 Å². The van der Waals surface area contributed by atoms with Gasteiger partial charge in [0.2, 0.25) is 5.91 Å². The maximum atomic E-state index is 13.1. The number of carbonyl (C=O) groups is 2. The van der Waals surface area contributed by atoms with E-state index in [-0.39, 0.29) is 23.7 Å². The van der Waals surface area contributed by atoms with Crippen LogP contribution < -0.4 is 15.4 Å². The molecule has 8 heteroatoms. The second kappa shape index (κ2) is 8.24. The maximum Gasteiger partial charge on any atom is 0.253 e. The topological polar surface area (TPSA) is 88.5 Å². The zero-order valence-electron chi connectivity index (χ0n) is 16.9. The molecule has 29 heavy (non-hydrogen) atoms. The Morgan fingerprint density at radius 1 is 1.24 bits per heavy atom. The molecule has 1 aromatic heterocycles. The first-order chi connectivity index (χ1) is 14.1. The minimum Gasteiger partial charge on any atom is -0.495 e. The van der Waals surface area contributed by atoms with Crippen LogP contribution >= 0.6 is 0 Å². The summed E-state index contributed by atoms with van der Waals surface area (Å²) in [6.45, 7) is 2.90. The highest BCUT2D eigenvalue weighted by molar-refractivity contribution is 5.99. The van der Waals surface area contributed by atoms with Gasteiger partial charge in [0.05, 0.1) is 24.9 Å². The van der Waals surface area contributed by atoms with Crippen molar-refractivity contribution in [2.45, 2.75) is 18.8 Å². The van der Waals surface area contributed by atoms with Crippen molar-refractivity contribution in [1.82, 2.24) is 20.0 Å². The number of hydrogen-bond donors (Lipinski definition) is 2. The monoisotopic (exact) mass is 397 g/mol. The van der Waals surface area contributed by atoms with E-state index in [0.717, 1.165) is 38.0 Å². The number of aromatic nitrogens is 2. The second-order valence-electron chi connectivity index (χ2n) is 7.72. The Hall–Kier alpha value is -2.87. The van der Waals surface area contributed by atoms with Crippen LogP contribution in [0.5, 0.6) is 5.75 Å². The molecule has 0 saturated carbocycles. The molecular formula is C21H27N5O3. The van der Waals surface area contributed by atoms with E-state index in [1.807, 2.05) is 24.3 Å². The van der Waals surface area contributed by atoms with E-state index in [4.69, 9.17) is 4.74 Å². The quantitative estimate of drug-likeness (QED) is 0.800. The molecule has 0 bridgehead atoms. The van der Waals surface area contributed by atoms with Gasteiger partial charge < -0.3 is 20.3 Å². The molecule has 4 rings (SSSR count). The lowest BCUT2D eigenvalue weighted by atomic mass is 9.90. The van der Waals surface area contributed by atoms with Crippen LogP contribution in [-0.4, -0.2) is 59.8 Å². The van der Waals surface area contributed by atoms with Gasteiger partial charge >= 0.3 is 0 Å². The van der Waals surface area contributed by atoms with Gasteiger partial charge in [-0.25, -0.2) is 0 Å². The summed E-state index contributed by atoms with van der Waals surface area (Å²) < 4.78 is 7.16. The van der Waals surface area contributed by atoms with Crippen LogP contribution in [0, 0.1) is 5.92 Å². The van der Waals surface area contributed by atoms with E-state index in [2.05, 4.69) is 15.7 Å². The van der Waals surface area contributed by atoms with Crippen molar-refractivity contribution in [3.8, 4) is 5.75 Å². The fourth-order valence-electron chi connectivity index (χ4n) is 4.20. The summed E-state index contributed by atoms with van der Waals surface area (Å²) in [4.78, 5) is 27.7. The Morgan fingerprint density at radius 2 is 2.03 bits per heavy atom. The van der Waals surface area contributed by atoms with Crippen LogP contribution in [0.2, 0.25) is 0 Å². The maximum absolute atomic E-state index is 13.1. The molecule has 0 spiro atoms. The molecule has 2 atom stereocenters. The predicted molar refractivity (Wildman–Crippen MR) is 109 cm³/mol. The lowest BCUT2D eigenvalue weighted by Gasteiger charge is -2.20. The molecule has 3 heterocycles. The standard InChI is InChI=1S/C21H27N5O3/c1-25-13-15(10-23-25)16-11-22-12-17(16)20(27)24-18-9-14(5-6-19(18)29-2)21(28)26-7-3-4-8-26/h5-6,9-10,13,16-17,22H,3-4,7-8,11-12H2,1-2H3,(H,24,27)/t16-,17+/m1/s1. The van der Waals surface area contributed by atoms with Crippen molar-refractivity contribution >= 4 is 17.5 Å². The Labute approximate surface area is 170 Å². The van der Waals surface area contributed by atoms with Gasteiger partial charge in [0.15, 0.2) is 0 Å². The highest BCUT2D eigenvalue weighted by atomic mass is 16.5. The number of anilines is 1. The number of likely N-dealkylation sites (tertiary alicyclic amines) is 1. The number of hydrogen-bond acceptors (Lipinski definition) is 5. The third-order valence-corrected chi connectivity index (χ3v) is 5.80. The molecule has 154 valence electrons. The number of benzene rings is 1. The van der Waals surface area contributed by atoms with Crippen LogP contribution in [0.3, 0.4) is 0 Å². The van der Waals surface area contributed by atoms with Crippen LogP contribution in [0.15, 0.2) is 30.6 Å². The van der Waals surface area contributed by atoms with Gasteiger partial charge in [-0.3, -0.25) is 14.3 Å². The Kier molecular flexibility index (Phi) is 5.53. The van der Waals surface area contributed by atoms with Gasteiger partial charge in [-0.2, -0.15) is 5.10 Å². The van der Waals surface area contributed by atoms with Gasteiger partial charge in [-0.05, 0) is 36.6 Å². The predicted octanol–water partition coefficient (Wildman–Crippen LogP) is 1.61. The Balaban J connectivity index is 1.53. The largest absolute Gasteiger partial charge is 0.495 e. The van der Waals surface area contributed by atoms with E-state index < -0.39 is 0 Å². The fourth-order valence-corrected chi connectivity index (χ4v) is 4.20. The summed E-state index contributed by atoms with van der Waals surface area (Å²) in [5, 5.41) is 10.5. The number of methoxy groups -OCH3 is 1. The number of aryl methyl sites for hydroxylation is 1. The molecule has 2 aliphatic rings. The highest BCUT2D eigenvalue weighted by Crippen LogP contribution is 2.31. The minimum absolute atomic E-state index is 0.00331. The smallest absolute Gasteiger partial charge is 0.253 e. The van der Waals surface area contributed by atoms with Gasteiger partial charge in [-0.1, -0.05) is 0 Å². The van der Waals surface area contributed by atoms with E-state index in [9.17, 15) is 9.59 Å². The van der Waals surface area contributed by atoms with Gasteiger partial charge in [-0.15, -0.1) is 0 Å². The number of nitrogens with zero attached hydrogens (tertiary/aromatic N) is 3. The van der Waals surface area contributed by atoms with Crippen molar-refractivity contribution in [2.24, 2.45) is 13.0 Å². The molecular weight excluding hydrogens is 370 g/mol.